The van der Waals surface area contributed by atoms with Gasteiger partial charge in [0, 0.05) is 28.1 Å². The number of primary amides is 1. The Morgan fingerprint density at radius 3 is 2.54 bits per heavy atom. The third-order valence-corrected chi connectivity index (χ3v) is 4.91. The van der Waals surface area contributed by atoms with Crippen LogP contribution in [0.25, 0.3) is 38.6 Å². The van der Waals surface area contributed by atoms with Crippen molar-refractivity contribution in [3.8, 4) is 16.8 Å². The summed E-state index contributed by atoms with van der Waals surface area (Å²) in [5.41, 5.74) is 10.8. The number of rotatable bonds is 3. The van der Waals surface area contributed by atoms with Crippen LogP contribution in [0.3, 0.4) is 0 Å². The third-order valence-electron chi connectivity index (χ3n) is 4.91. The molecule has 3 aromatic carbocycles. The van der Waals surface area contributed by atoms with Gasteiger partial charge in [0.15, 0.2) is 0 Å². The SMILES string of the molecule is NC(=O)c1ccc(-n2ncc3c(-c4cnc5ccccc5c4)cccc32)cc1. The minimum absolute atomic E-state index is 0.442. The van der Waals surface area contributed by atoms with Crippen LogP contribution in [0.4, 0.5) is 0 Å². The van der Waals surface area contributed by atoms with Gasteiger partial charge >= 0.3 is 0 Å². The van der Waals surface area contributed by atoms with Crippen LogP contribution in [0.1, 0.15) is 10.4 Å². The Morgan fingerprint density at radius 1 is 0.893 bits per heavy atom. The van der Waals surface area contributed by atoms with Crippen LogP contribution in [0.5, 0.6) is 0 Å². The summed E-state index contributed by atoms with van der Waals surface area (Å²) < 4.78 is 1.86. The van der Waals surface area contributed by atoms with Crippen molar-refractivity contribution in [3.63, 3.8) is 0 Å². The molecule has 2 aromatic heterocycles. The molecular formula is C23H16N4O. The van der Waals surface area contributed by atoms with Crippen molar-refractivity contribution in [1.82, 2.24) is 14.8 Å². The van der Waals surface area contributed by atoms with Crippen molar-refractivity contribution in [1.29, 1.82) is 0 Å². The predicted octanol–water partition coefficient (Wildman–Crippen LogP) is 4.34. The van der Waals surface area contributed by atoms with E-state index >= 15 is 0 Å². The molecule has 0 spiro atoms. The molecule has 0 unspecified atom stereocenters. The highest BCUT2D eigenvalue weighted by atomic mass is 16.1. The number of hydrogen-bond donors (Lipinski definition) is 1. The molecule has 134 valence electrons. The lowest BCUT2D eigenvalue weighted by atomic mass is 10.0. The molecule has 2 N–H and O–H groups in total. The first kappa shape index (κ1) is 16.2. The van der Waals surface area contributed by atoms with E-state index in [1.54, 1.807) is 12.1 Å². The number of para-hydroxylation sites is 1. The van der Waals surface area contributed by atoms with Gasteiger partial charge in [0.1, 0.15) is 0 Å². The maximum Gasteiger partial charge on any atom is 0.248 e. The monoisotopic (exact) mass is 364 g/mol. The van der Waals surface area contributed by atoms with Crippen molar-refractivity contribution >= 4 is 27.7 Å². The summed E-state index contributed by atoms with van der Waals surface area (Å²) in [4.78, 5) is 15.9. The quantitative estimate of drug-likeness (QED) is 0.517. The highest BCUT2D eigenvalue weighted by Crippen LogP contribution is 2.31. The minimum Gasteiger partial charge on any atom is -0.366 e. The fraction of sp³-hybridized carbons (Fsp3) is 0. The summed E-state index contributed by atoms with van der Waals surface area (Å²) >= 11 is 0. The van der Waals surface area contributed by atoms with Gasteiger partial charge in [0.2, 0.25) is 5.91 Å². The average molecular weight is 364 g/mol. The molecule has 5 rings (SSSR count). The molecule has 0 radical (unpaired) electrons. The summed E-state index contributed by atoms with van der Waals surface area (Å²) in [6, 6.07) is 23.5. The number of nitrogens with two attached hydrogens (primary N) is 1. The van der Waals surface area contributed by atoms with Crippen molar-refractivity contribution in [2.75, 3.05) is 0 Å². The predicted molar refractivity (Wildman–Crippen MR) is 110 cm³/mol. The number of carbonyl (C=O) groups excluding carboxylic acids is 1. The van der Waals surface area contributed by atoms with Crippen LogP contribution in [-0.2, 0) is 0 Å². The molecular weight excluding hydrogens is 348 g/mol. The molecule has 0 aliphatic carbocycles. The van der Waals surface area contributed by atoms with Crippen LogP contribution in [0.15, 0.2) is 85.2 Å². The Kier molecular flexibility index (Phi) is 3.66. The molecule has 0 saturated carbocycles. The lowest BCUT2D eigenvalue weighted by molar-refractivity contribution is 0.100. The molecule has 0 aliphatic rings. The Balaban J connectivity index is 1.64. The molecule has 0 atom stereocenters. The second kappa shape index (κ2) is 6.32. The fourth-order valence-electron chi connectivity index (χ4n) is 3.49. The Morgan fingerprint density at radius 2 is 1.71 bits per heavy atom. The topological polar surface area (TPSA) is 73.8 Å². The minimum atomic E-state index is -0.442. The van der Waals surface area contributed by atoms with Gasteiger partial charge in [-0.25, -0.2) is 4.68 Å². The van der Waals surface area contributed by atoms with Gasteiger partial charge in [-0.2, -0.15) is 5.10 Å². The number of pyridine rings is 1. The van der Waals surface area contributed by atoms with E-state index in [1.165, 1.54) is 0 Å². The highest BCUT2D eigenvalue weighted by Gasteiger charge is 2.11. The molecule has 0 saturated heterocycles. The molecule has 0 bridgehead atoms. The van der Waals surface area contributed by atoms with Gasteiger partial charge in [-0.15, -0.1) is 0 Å². The number of amides is 1. The van der Waals surface area contributed by atoms with Gasteiger partial charge in [0.05, 0.1) is 22.9 Å². The molecule has 5 nitrogen and oxygen atoms in total. The van der Waals surface area contributed by atoms with E-state index in [1.807, 2.05) is 59.5 Å². The second-order valence-corrected chi connectivity index (χ2v) is 6.62. The van der Waals surface area contributed by atoms with E-state index in [9.17, 15) is 4.79 Å². The summed E-state index contributed by atoms with van der Waals surface area (Å²) in [6.07, 6.45) is 3.76. The van der Waals surface area contributed by atoms with E-state index in [-0.39, 0.29) is 0 Å². The Hall–Kier alpha value is -3.99. The number of nitrogens with zero attached hydrogens (tertiary/aromatic N) is 3. The first-order valence-corrected chi connectivity index (χ1v) is 8.93. The normalized spacial score (nSPS) is 11.1. The number of carbonyl (C=O) groups is 1. The first-order chi connectivity index (χ1) is 13.7. The smallest absolute Gasteiger partial charge is 0.248 e. The molecule has 5 aromatic rings. The van der Waals surface area contributed by atoms with Gasteiger partial charge in [-0.3, -0.25) is 9.78 Å². The molecule has 2 heterocycles. The van der Waals surface area contributed by atoms with E-state index in [0.29, 0.717) is 5.56 Å². The van der Waals surface area contributed by atoms with Crippen LogP contribution < -0.4 is 5.73 Å². The molecule has 28 heavy (non-hydrogen) atoms. The maximum atomic E-state index is 11.3. The molecule has 5 heteroatoms. The average Bonchev–Trinajstić information content (AvgIpc) is 3.17. The third kappa shape index (κ3) is 2.61. The highest BCUT2D eigenvalue weighted by molar-refractivity contribution is 5.97. The van der Waals surface area contributed by atoms with E-state index in [0.717, 1.165) is 38.6 Å². The molecule has 1 amide bonds. The standard InChI is InChI=1S/C23H16N4O/c24-23(28)15-8-10-18(11-9-15)27-22-7-3-5-19(20(22)14-26-27)17-12-16-4-1-2-6-21(16)25-13-17/h1-14H,(H2,24,28). The van der Waals surface area contributed by atoms with Gasteiger partial charge in [-0.1, -0.05) is 30.3 Å². The number of benzene rings is 3. The van der Waals surface area contributed by atoms with Gasteiger partial charge in [-0.05, 0) is 48.0 Å². The van der Waals surface area contributed by atoms with Gasteiger partial charge in [0.25, 0.3) is 0 Å². The lowest BCUT2D eigenvalue weighted by Gasteiger charge is -2.07. The number of hydrogen-bond acceptors (Lipinski definition) is 3. The zero-order valence-electron chi connectivity index (χ0n) is 14.9. The van der Waals surface area contributed by atoms with Crippen molar-refractivity contribution < 1.29 is 4.79 Å². The van der Waals surface area contributed by atoms with Crippen molar-refractivity contribution in [2.45, 2.75) is 0 Å². The maximum absolute atomic E-state index is 11.3. The van der Waals surface area contributed by atoms with Crippen molar-refractivity contribution in [2.24, 2.45) is 5.73 Å². The summed E-state index contributed by atoms with van der Waals surface area (Å²) in [5, 5.41) is 6.71. The van der Waals surface area contributed by atoms with Crippen LogP contribution in [0, 0.1) is 0 Å². The fourth-order valence-corrected chi connectivity index (χ4v) is 3.49. The summed E-state index contributed by atoms with van der Waals surface area (Å²) in [6.45, 7) is 0. The lowest BCUT2D eigenvalue weighted by Crippen LogP contribution is -2.10. The Bertz CT molecular complexity index is 1340. The van der Waals surface area contributed by atoms with Crippen molar-refractivity contribution in [3.05, 3.63) is 90.8 Å². The number of fused-ring (bicyclic) bond motifs is 2. The zero-order chi connectivity index (χ0) is 19.1. The van der Waals surface area contributed by atoms with Crippen LogP contribution >= 0.6 is 0 Å². The van der Waals surface area contributed by atoms with Crippen LogP contribution in [0.2, 0.25) is 0 Å². The van der Waals surface area contributed by atoms with E-state index in [2.05, 4.69) is 28.3 Å². The zero-order valence-corrected chi connectivity index (χ0v) is 14.9. The number of aromatic nitrogens is 3. The second-order valence-electron chi connectivity index (χ2n) is 6.62. The van der Waals surface area contributed by atoms with E-state index < -0.39 is 5.91 Å². The summed E-state index contributed by atoms with van der Waals surface area (Å²) in [5.74, 6) is -0.442. The van der Waals surface area contributed by atoms with E-state index in [4.69, 9.17) is 5.73 Å². The largest absolute Gasteiger partial charge is 0.366 e. The first-order valence-electron chi connectivity index (χ1n) is 8.93. The van der Waals surface area contributed by atoms with Crippen LogP contribution in [-0.4, -0.2) is 20.7 Å². The molecule has 0 aliphatic heterocycles. The summed E-state index contributed by atoms with van der Waals surface area (Å²) in [7, 11) is 0. The Labute approximate surface area is 161 Å². The molecule has 0 fully saturated rings. The van der Waals surface area contributed by atoms with Gasteiger partial charge < -0.3 is 5.73 Å².